The van der Waals surface area contributed by atoms with Gasteiger partial charge in [0.25, 0.3) is 0 Å². The maximum atomic E-state index is 5.45. The third-order valence-corrected chi connectivity index (χ3v) is 2.01. The van der Waals surface area contributed by atoms with Crippen LogP contribution >= 0.6 is 11.3 Å². The summed E-state index contributed by atoms with van der Waals surface area (Å²) in [5.74, 6) is 0. The van der Waals surface area contributed by atoms with E-state index >= 15 is 0 Å². The van der Waals surface area contributed by atoms with Gasteiger partial charge in [0.05, 0.1) is 9.88 Å². The quantitative estimate of drug-likeness (QED) is 0.579. The molecule has 0 amide bonds. The molecule has 0 saturated carbocycles. The lowest BCUT2D eigenvalue weighted by Crippen LogP contribution is -2.18. The summed E-state index contributed by atoms with van der Waals surface area (Å²) in [6.07, 6.45) is 3.54. The Labute approximate surface area is 68.6 Å². The molecule has 1 heterocycles. The van der Waals surface area contributed by atoms with Crippen LogP contribution in [0.1, 0.15) is 0 Å². The molecule has 0 aliphatic heterocycles. The predicted octanol–water partition coefficient (Wildman–Crippen LogP) is -0.383. The van der Waals surface area contributed by atoms with Crippen LogP contribution in [-0.2, 0) is 0 Å². The van der Waals surface area contributed by atoms with Crippen molar-refractivity contribution >= 4 is 35.3 Å². The predicted molar refractivity (Wildman–Crippen MR) is 50.2 cm³/mol. The van der Waals surface area contributed by atoms with Crippen LogP contribution < -0.4 is 15.6 Å². The molecule has 0 atom stereocenters. The fourth-order valence-corrected chi connectivity index (χ4v) is 1.33. The Balaban J connectivity index is 3.23. The average Bonchev–Trinajstić information content (AvgIpc) is 2.26. The first-order valence-corrected chi connectivity index (χ1v) is 3.89. The van der Waals surface area contributed by atoms with Gasteiger partial charge in [0.2, 0.25) is 0 Å². The Bertz CT molecular complexity index is 364. The summed E-state index contributed by atoms with van der Waals surface area (Å²) in [6, 6.07) is 0. The van der Waals surface area contributed by atoms with Gasteiger partial charge in [-0.05, 0) is 6.08 Å². The van der Waals surface area contributed by atoms with Crippen LogP contribution in [0.5, 0.6) is 0 Å². The first-order chi connectivity index (χ1) is 5.24. The number of rotatable bonds is 1. The van der Waals surface area contributed by atoms with Crippen LogP contribution in [0.2, 0.25) is 0 Å². The number of aliphatic imine (C=N–C) groups is 1. The maximum absolute atomic E-state index is 5.45. The van der Waals surface area contributed by atoms with Crippen molar-refractivity contribution in [2.75, 3.05) is 12.8 Å². The third kappa shape index (κ3) is 1.88. The molecule has 3 nitrogen and oxygen atoms in total. The second kappa shape index (κ2) is 3.30. The van der Waals surface area contributed by atoms with E-state index in [4.69, 9.17) is 5.73 Å². The van der Waals surface area contributed by atoms with Gasteiger partial charge in [0.1, 0.15) is 0 Å². The molecule has 4 heteroatoms. The molecule has 58 valence electrons. The molecule has 0 bridgehead atoms. The van der Waals surface area contributed by atoms with Gasteiger partial charge < -0.3 is 5.73 Å². The second-order valence-electron chi connectivity index (χ2n) is 1.94. The third-order valence-electron chi connectivity index (χ3n) is 1.12. The Morgan fingerprint density at radius 1 is 1.73 bits per heavy atom. The highest BCUT2D eigenvalue weighted by molar-refractivity contribution is 7.13. The van der Waals surface area contributed by atoms with E-state index in [0.29, 0.717) is 10.5 Å². The number of nitrogens with zero attached hydrogens (tertiary/aromatic N) is 2. The van der Waals surface area contributed by atoms with Crippen molar-refractivity contribution in [3.05, 3.63) is 9.88 Å². The van der Waals surface area contributed by atoms with Crippen LogP contribution in [0, 0.1) is 0 Å². The number of hydrogen-bond donors (Lipinski definition) is 1. The van der Waals surface area contributed by atoms with Crippen molar-refractivity contribution in [2.24, 2.45) is 4.99 Å². The number of thiazole rings is 1. The SMILES string of the molecule is C=c1nc(N)s/c1=C/C=N\C. The summed E-state index contributed by atoms with van der Waals surface area (Å²) in [5, 5.41) is 1.26. The Morgan fingerprint density at radius 2 is 2.45 bits per heavy atom. The highest BCUT2D eigenvalue weighted by atomic mass is 32.1. The molecule has 0 fully saturated rings. The lowest BCUT2D eigenvalue weighted by atomic mass is 10.5. The average molecular weight is 167 g/mol. The Morgan fingerprint density at radius 3 is 2.91 bits per heavy atom. The number of nitrogen functional groups attached to an aromatic ring is 1. The van der Waals surface area contributed by atoms with Gasteiger partial charge in [0.15, 0.2) is 5.13 Å². The molecule has 0 spiro atoms. The lowest BCUT2D eigenvalue weighted by Gasteiger charge is -1.70. The number of nitrogens with two attached hydrogens (primary N) is 1. The number of hydrogen-bond acceptors (Lipinski definition) is 4. The summed E-state index contributed by atoms with van der Waals surface area (Å²) < 4.78 is 0.966. The van der Waals surface area contributed by atoms with E-state index in [1.165, 1.54) is 11.3 Å². The Kier molecular flexibility index (Phi) is 2.38. The van der Waals surface area contributed by atoms with Gasteiger partial charge in [-0.3, -0.25) is 4.99 Å². The lowest BCUT2D eigenvalue weighted by molar-refractivity contribution is 1.33. The highest BCUT2D eigenvalue weighted by Crippen LogP contribution is 1.93. The van der Waals surface area contributed by atoms with Gasteiger partial charge in [-0.15, -0.1) is 0 Å². The summed E-state index contributed by atoms with van der Waals surface area (Å²) >= 11 is 1.41. The topological polar surface area (TPSA) is 51.3 Å². The van der Waals surface area contributed by atoms with E-state index in [1.807, 2.05) is 6.08 Å². The molecule has 11 heavy (non-hydrogen) atoms. The van der Waals surface area contributed by atoms with E-state index in [1.54, 1.807) is 13.3 Å². The smallest absolute Gasteiger partial charge is 0.181 e. The molecule has 0 radical (unpaired) electrons. The zero-order valence-corrected chi connectivity index (χ0v) is 7.06. The van der Waals surface area contributed by atoms with Gasteiger partial charge in [-0.25, -0.2) is 4.98 Å². The summed E-state index contributed by atoms with van der Waals surface area (Å²) in [4.78, 5) is 7.77. The largest absolute Gasteiger partial charge is 0.375 e. The molecular formula is C7H9N3S. The van der Waals surface area contributed by atoms with Crippen molar-refractivity contribution in [3.8, 4) is 0 Å². The van der Waals surface area contributed by atoms with E-state index in [0.717, 1.165) is 4.53 Å². The zero-order chi connectivity index (χ0) is 8.27. The number of aromatic nitrogens is 1. The number of anilines is 1. The Hall–Kier alpha value is -1.16. The maximum Gasteiger partial charge on any atom is 0.181 e. The molecule has 1 aromatic heterocycles. The van der Waals surface area contributed by atoms with Crippen molar-refractivity contribution < 1.29 is 0 Å². The van der Waals surface area contributed by atoms with E-state index in [-0.39, 0.29) is 0 Å². The monoisotopic (exact) mass is 167 g/mol. The molecule has 0 unspecified atom stereocenters. The van der Waals surface area contributed by atoms with Gasteiger partial charge >= 0.3 is 0 Å². The second-order valence-corrected chi connectivity index (χ2v) is 3.00. The van der Waals surface area contributed by atoms with Crippen molar-refractivity contribution in [1.82, 2.24) is 4.98 Å². The zero-order valence-electron chi connectivity index (χ0n) is 6.24. The molecule has 1 rings (SSSR count). The van der Waals surface area contributed by atoms with Crippen LogP contribution in [-0.4, -0.2) is 18.2 Å². The minimum atomic E-state index is 0.547. The molecular weight excluding hydrogens is 158 g/mol. The van der Waals surface area contributed by atoms with Crippen LogP contribution in [0.3, 0.4) is 0 Å². The molecule has 0 aliphatic rings. The van der Waals surface area contributed by atoms with Gasteiger partial charge in [-0.2, -0.15) is 0 Å². The fourth-order valence-electron chi connectivity index (χ4n) is 0.655. The summed E-state index contributed by atoms with van der Waals surface area (Å²) in [6.45, 7) is 3.72. The molecule has 2 N–H and O–H groups in total. The highest BCUT2D eigenvalue weighted by Gasteiger charge is 1.89. The van der Waals surface area contributed by atoms with Crippen LogP contribution in [0.4, 0.5) is 5.13 Å². The molecule has 0 aromatic carbocycles. The first kappa shape index (κ1) is 7.94. The van der Waals surface area contributed by atoms with Crippen molar-refractivity contribution in [2.45, 2.75) is 0 Å². The van der Waals surface area contributed by atoms with E-state index < -0.39 is 0 Å². The fraction of sp³-hybridized carbons (Fsp3) is 0.143. The summed E-state index contributed by atoms with van der Waals surface area (Å²) in [7, 11) is 1.71. The first-order valence-electron chi connectivity index (χ1n) is 3.08. The van der Waals surface area contributed by atoms with E-state index in [9.17, 15) is 0 Å². The minimum absolute atomic E-state index is 0.547. The van der Waals surface area contributed by atoms with Gasteiger partial charge in [-0.1, -0.05) is 17.9 Å². The van der Waals surface area contributed by atoms with Crippen LogP contribution in [0.15, 0.2) is 4.99 Å². The minimum Gasteiger partial charge on any atom is -0.375 e. The normalized spacial score (nSPS) is 13.0. The summed E-state index contributed by atoms with van der Waals surface area (Å²) in [5.41, 5.74) is 5.45. The van der Waals surface area contributed by atoms with Gasteiger partial charge in [0, 0.05) is 13.3 Å². The van der Waals surface area contributed by atoms with E-state index in [2.05, 4.69) is 16.6 Å². The van der Waals surface area contributed by atoms with Crippen molar-refractivity contribution in [1.29, 1.82) is 0 Å². The molecule has 0 aliphatic carbocycles. The standard InChI is InChI=1S/C7H9N3S/c1-5-6(3-4-9-2)11-7(8)10-5/h3-4H,1H2,2H3,(H2,8,10)/b6-3+,9-4-. The molecule has 1 aromatic rings. The molecule has 0 saturated heterocycles. The van der Waals surface area contributed by atoms with Crippen LogP contribution in [0.25, 0.3) is 12.7 Å². The van der Waals surface area contributed by atoms with Crippen molar-refractivity contribution in [3.63, 3.8) is 0 Å².